The van der Waals surface area contributed by atoms with Crippen LogP contribution in [0, 0.1) is 6.92 Å². The normalized spacial score (nSPS) is 10.8. The molecule has 0 fully saturated rings. The van der Waals surface area contributed by atoms with Crippen LogP contribution in [-0.4, -0.2) is 33.8 Å². The Kier molecular flexibility index (Phi) is 6.99. The monoisotopic (exact) mass is 486 g/mol. The van der Waals surface area contributed by atoms with Crippen molar-refractivity contribution in [3.63, 3.8) is 0 Å². The lowest BCUT2D eigenvalue weighted by molar-refractivity contribution is -0.123. The van der Waals surface area contributed by atoms with Crippen molar-refractivity contribution in [2.24, 2.45) is 0 Å². The molecule has 0 atom stereocenters. The smallest absolute Gasteiger partial charge is 0.266 e. The molecule has 0 unspecified atom stereocenters. The number of halogens is 1. The van der Waals surface area contributed by atoms with Crippen molar-refractivity contribution in [2.45, 2.75) is 13.5 Å². The van der Waals surface area contributed by atoms with E-state index in [1.807, 2.05) is 24.4 Å². The third-order valence-electron chi connectivity index (χ3n) is 4.46. The zero-order valence-electron chi connectivity index (χ0n) is 17.1. The van der Waals surface area contributed by atoms with Crippen LogP contribution in [0.25, 0.3) is 20.5 Å². The first-order valence-corrected chi connectivity index (χ1v) is 11.8. The number of ether oxygens (including phenoxy) is 1. The van der Waals surface area contributed by atoms with Gasteiger partial charge >= 0.3 is 0 Å². The maximum absolute atomic E-state index is 12.2. The van der Waals surface area contributed by atoms with E-state index < -0.39 is 0 Å². The molecule has 0 spiro atoms. The maximum atomic E-state index is 12.2. The van der Waals surface area contributed by atoms with Gasteiger partial charge in [-0.1, -0.05) is 17.7 Å². The predicted molar refractivity (Wildman–Crippen MR) is 128 cm³/mol. The molecule has 0 bridgehead atoms. The lowest BCUT2D eigenvalue weighted by Gasteiger charge is -2.09. The first-order valence-electron chi connectivity index (χ1n) is 9.74. The van der Waals surface area contributed by atoms with Gasteiger partial charge in [0.1, 0.15) is 16.5 Å². The maximum Gasteiger partial charge on any atom is 0.266 e. The van der Waals surface area contributed by atoms with Crippen molar-refractivity contribution in [3.05, 3.63) is 75.0 Å². The molecule has 4 aromatic rings. The van der Waals surface area contributed by atoms with E-state index in [0.717, 1.165) is 20.5 Å². The molecular formula is C22H19ClN4O3S2. The number of benzene rings is 1. The molecule has 3 aromatic heterocycles. The molecule has 1 amide bonds. The van der Waals surface area contributed by atoms with E-state index in [4.69, 9.17) is 16.3 Å². The minimum absolute atomic E-state index is 0.129. The van der Waals surface area contributed by atoms with Crippen LogP contribution in [0.2, 0.25) is 5.02 Å². The van der Waals surface area contributed by atoms with Crippen LogP contribution in [0.3, 0.4) is 0 Å². The summed E-state index contributed by atoms with van der Waals surface area (Å²) >= 11 is 9.00. The van der Waals surface area contributed by atoms with Crippen LogP contribution in [0.1, 0.15) is 5.69 Å². The van der Waals surface area contributed by atoms with E-state index in [0.29, 0.717) is 16.5 Å². The number of hydrogen-bond donors (Lipinski definition) is 1. The Morgan fingerprint density at radius 1 is 1.19 bits per heavy atom. The Balaban J connectivity index is 1.37. The highest BCUT2D eigenvalue weighted by molar-refractivity contribution is 7.23. The number of carbonyl (C=O) groups excluding carboxylic acids is 1. The topological polar surface area (TPSA) is 86.1 Å². The highest BCUT2D eigenvalue weighted by atomic mass is 35.5. The molecule has 0 aliphatic heterocycles. The molecule has 1 N–H and O–H groups in total. The van der Waals surface area contributed by atoms with Gasteiger partial charge in [-0.15, -0.1) is 22.7 Å². The van der Waals surface area contributed by atoms with Gasteiger partial charge < -0.3 is 10.1 Å². The molecule has 0 saturated heterocycles. The minimum Gasteiger partial charge on any atom is -0.484 e. The fourth-order valence-electron chi connectivity index (χ4n) is 2.90. The number of amides is 1. The molecule has 0 radical (unpaired) electrons. The number of rotatable bonds is 8. The second-order valence-corrected chi connectivity index (χ2v) is 9.17. The SMILES string of the molecule is Cc1nc(-c2cccs2)sc1-c1ccc(=O)n(CCNC(=O)COc2ccc(Cl)cc2)n1. The Morgan fingerprint density at radius 3 is 2.75 bits per heavy atom. The molecule has 3 heterocycles. The molecule has 10 heteroatoms. The molecule has 164 valence electrons. The lowest BCUT2D eigenvalue weighted by atomic mass is 10.3. The highest BCUT2D eigenvalue weighted by Gasteiger charge is 2.14. The lowest BCUT2D eigenvalue weighted by Crippen LogP contribution is -2.34. The first kappa shape index (κ1) is 22.2. The van der Waals surface area contributed by atoms with Crippen molar-refractivity contribution in [1.82, 2.24) is 20.1 Å². The fourth-order valence-corrected chi connectivity index (χ4v) is 4.86. The number of thiazole rings is 1. The zero-order valence-corrected chi connectivity index (χ0v) is 19.5. The Bertz CT molecular complexity index is 1270. The number of thiophene rings is 1. The molecule has 32 heavy (non-hydrogen) atoms. The summed E-state index contributed by atoms with van der Waals surface area (Å²) in [4.78, 5) is 30.9. The van der Waals surface area contributed by atoms with Crippen molar-refractivity contribution >= 4 is 40.2 Å². The average Bonchev–Trinajstić information content (AvgIpc) is 3.45. The molecule has 0 saturated carbocycles. The third-order valence-corrected chi connectivity index (χ3v) is 6.93. The number of nitrogens with one attached hydrogen (secondary N) is 1. The molecule has 7 nitrogen and oxygen atoms in total. The van der Waals surface area contributed by atoms with E-state index in [9.17, 15) is 9.59 Å². The molecular weight excluding hydrogens is 468 g/mol. The van der Waals surface area contributed by atoms with E-state index in [1.165, 1.54) is 10.7 Å². The van der Waals surface area contributed by atoms with E-state index in [2.05, 4.69) is 15.4 Å². The summed E-state index contributed by atoms with van der Waals surface area (Å²) in [5.74, 6) is 0.264. The Labute approximate surface area is 197 Å². The summed E-state index contributed by atoms with van der Waals surface area (Å²) in [6.45, 7) is 2.30. The highest BCUT2D eigenvalue weighted by Crippen LogP contribution is 2.35. The molecule has 4 rings (SSSR count). The van der Waals surface area contributed by atoms with Crippen LogP contribution < -0.4 is 15.6 Å². The van der Waals surface area contributed by atoms with E-state index >= 15 is 0 Å². The van der Waals surface area contributed by atoms with Gasteiger partial charge in [0.25, 0.3) is 11.5 Å². The number of aryl methyl sites for hydroxylation is 1. The number of carbonyl (C=O) groups is 1. The average molecular weight is 487 g/mol. The van der Waals surface area contributed by atoms with Gasteiger partial charge in [0.2, 0.25) is 0 Å². The quantitative estimate of drug-likeness (QED) is 0.402. The molecule has 0 aliphatic rings. The van der Waals surface area contributed by atoms with Crippen molar-refractivity contribution in [2.75, 3.05) is 13.2 Å². The van der Waals surface area contributed by atoms with Crippen LogP contribution >= 0.6 is 34.3 Å². The van der Waals surface area contributed by atoms with Crippen LogP contribution in [0.4, 0.5) is 0 Å². The van der Waals surface area contributed by atoms with Gasteiger partial charge in [-0.05, 0) is 48.7 Å². The zero-order chi connectivity index (χ0) is 22.5. The number of aromatic nitrogens is 3. The summed E-state index contributed by atoms with van der Waals surface area (Å²) < 4.78 is 6.76. The van der Waals surface area contributed by atoms with Crippen molar-refractivity contribution < 1.29 is 9.53 Å². The van der Waals surface area contributed by atoms with Gasteiger partial charge in [-0.25, -0.2) is 9.67 Å². The fraction of sp³-hybridized carbons (Fsp3) is 0.182. The Morgan fingerprint density at radius 2 is 2.00 bits per heavy atom. The van der Waals surface area contributed by atoms with Crippen LogP contribution in [0.5, 0.6) is 5.75 Å². The van der Waals surface area contributed by atoms with Gasteiger partial charge in [-0.2, -0.15) is 5.10 Å². The largest absolute Gasteiger partial charge is 0.484 e. The second-order valence-electron chi connectivity index (χ2n) is 6.78. The summed E-state index contributed by atoms with van der Waals surface area (Å²) in [5.41, 5.74) is 1.31. The molecule has 1 aromatic carbocycles. The van der Waals surface area contributed by atoms with Crippen LogP contribution in [-0.2, 0) is 11.3 Å². The van der Waals surface area contributed by atoms with Gasteiger partial charge in [-0.3, -0.25) is 9.59 Å². The molecule has 0 aliphatic carbocycles. The summed E-state index contributed by atoms with van der Waals surface area (Å²) in [5, 5.41) is 10.8. The Hall–Kier alpha value is -3.01. The van der Waals surface area contributed by atoms with Gasteiger partial charge in [0.05, 0.1) is 22.0 Å². The second kappa shape index (κ2) is 10.1. The summed E-state index contributed by atoms with van der Waals surface area (Å²) in [6.07, 6.45) is 0. The summed E-state index contributed by atoms with van der Waals surface area (Å²) in [6, 6.07) is 14.0. The van der Waals surface area contributed by atoms with Crippen molar-refractivity contribution in [1.29, 1.82) is 0 Å². The number of nitrogens with zero attached hydrogens (tertiary/aromatic N) is 3. The van der Waals surface area contributed by atoms with Crippen molar-refractivity contribution in [3.8, 4) is 26.2 Å². The standard InChI is InChI=1S/C22H19ClN4O3S2/c1-14-21(32-22(25-14)18-3-2-12-31-18)17-8-9-20(29)27(26-17)11-10-24-19(28)13-30-16-6-4-15(23)5-7-16/h2-9,12H,10-11,13H2,1H3,(H,24,28). The third kappa shape index (κ3) is 5.42. The van der Waals surface area contributed by atoms with Crippen LogP contribution in [0.15, 0.2) is 58.7 Å². The van der Waals surface area contributed by atoms with E-state index in [-0.39, 0.29) is 31.2 Å². The first-order chi connectivity index (χ1) is 15.5. The predicted octanol–water partition coefficient (Wildman–Crippen LogP) is 4.25. The van der Waals surface area contributed by atoms with Gasteiger partial charge in [0.15, 0.2) is 6.61 Å². The summed E-state index contributed by atoms with van der Waals surface area (Å²) in [7, 11) is 0. The van der Waals surface area contributed by atoms with E-state index in [1.54, 1.807) is 53.0 Å². The van der Waals surface area contributed by atoms with Gasteiger partial charge in [0, 0.05) is 17.6 Å². The minimum atomic E-state index is -0.289. The number of hydrogen-bond acceptors (Lipinski definition) is 7.